The summed E-state index contributed by atoms with van der Waals surface area (Å²) in [7, 11) is 0. The van der Waals surface area contributed by atoms with E-state index in [1.807, 2.05) is 40.0 Å². The summed E-state index contributed by atoms with van der Waals surface area (Å²) >= 11 is 0. The lowest BCUT2D eigenvalue weighted by Gasteiger charge is -2.20. The number of amidine groups is 1. The maximum absolute atomic E-state index is 15.3. The highest BCUT2D eigenvalue weighted by Crippen LogP contribution is 2.30. The zero-order chi connectivity index (χ0) is 25.7. The summed E-state index contributed by atoms with van der Waals surface area (Å²) in [6.45, 7) is 16.9. The van der Waals surface area contributed by atoms with Crippen LogP contribution in [0.2, 0.25) is 0 Å². The summed E-state index contributed by atoms with van der Waals surface area (Å²) < 4.78 is 15.3. The standard InChI is InChI=1S/C30H48FN3/c1-9-21(5)19-33-30(29(31)24(8)22(6)10-2)34-20-25(12-4)16-17-27(23(7)11-3)18-28(32)26-14-13-15-26/h12,16-17,19,22H,9-11,13-15,18,20,32H2,1-8H3,(H,33,34)/b17-16-,21-19-,25-12+,27-23+,29-24-. The SMILES string of the molecule is C\C=C(/C=C\C(CC(N)=C1CCC1)=C(\C)CC)CN=C(N/C=C(/C)CC)/C(F)=C(\C)C(C)CC. The van der Waals surface area contributed by atoms with E-state index in [0.29, 0.717) is 12.4 Å². The molecule has 0 heterocycles. The number of aliphatic imine (C=N–C) groups is 1. The molecule has 0 aromatic heterocycles. The van der Waals surface area contributed by atoms with Gasteiger partial charge < -0.3 is 11.1 Å². The molecule has 1 atom stereocenters. The molecule has 4 heteroatoms. The third-order valence-corrected chi connectivity index (χ3v) is 7.08. The van der Waals surface area contributed by atoms with Crippen LogP contribution in [0.25, 0.3) is 0 Å². The van der Waals surface area contributed by atoms with Crippen molar-refractivity contribution >= 4 is 5.84 Å². The Morgan fingerprint density at radius 1 is 1.12 bits per heavy atom. The molecular formula is C30H48FN3. The molecule has 0 spiro atoms. The van der Waals surface area contributed by atoms with Crippen molar-refractivity contribution in [1.82, 2.24) is 5.32 Å². The van der Waals surface area contributed by atoms with Crippen LogP contribution in [-0.4, -0.2) is 12.4 Å². The number of hydrogen-bond acceptors (Lipinski definition) is 2. The second kappa shape index (κ2) is 15.5. The summed E-state index contributed by atoms with van der Waals surface area (Å²) in [5.74, 6) is 0.221. The summed E-state index contributed by atoms with van der Waals surface area (Å²) in [4.78, 5) is 4.65. The quantitative estimate of drug-likeness (QED) is 0.171. The summed E-state index contributed by atoms with van der Waals surface area (Å²) in [6, 6.07) is 0. The molecule has 34 heavy (non-hydrogen) atoms. The van der Waals surface area contributed by atoms with Crippen molar-refractivity contribution in [2.24, 2.45) is 16.6 Å². The topological polar surface area (TPSA) is 50.4 Å². The van der Waals surface area contributed by atoms with Gasteiger partial charge in [-0.2, -0.15) is 0 Å². The van der Waals surface area contributed by atoms with Crippen LogP contribution < -0.4 is 11.1 Å². The Labute approximate surface area is 208 Å². The Bertz CT molecular complexity index is 888. The minimum absolute atomic E-state index is 0.171. The Balaban J connectivity index is 3.16. The van der Waals surface area contributed by atoms with E-state index < -0.39 is 0 Å². The third-order valence-electron chi connectivity index (χ3n) is 7.08. The van der Waals surface area contributed by atoms with Gasteiger partial charge in [-0.1, -0.05) is 62.6 Å². The van der Waals surface area contributed by atoms with Crippen molar-refractivity contribution in [2.45, 2.75) is 100 Å². The number of allylic oxidation sites excluding steroid dienone is 7. The number of hydrogen-bond donors (Lipinski definition) is 2. The van der Waals surface area contributed by atoms with Crippen LogP contribution in [0.1, 0.15) is 100 Å². The van der Waals surface area contributed by atoms with Crippen LogP contribution in [0.15, 0.2) is 74.4 Å². The highest BCUT2D eigenvalue weighted by Gasteiger charge is 2.15. The molecule has 0 saturated heterocycles. The maximum atomic E-state index is 15.3. The molecule has 1 aliphatic carbocycles. The summed E-state index contributed by atoms with van der Waals surface area (Å²) in [5, 5.41) is 3.13. The fraction of sp³-hybridized carbons (Fsp3) is 0.567. The van der Waals surface area contributed by atoms with Gasteiger partial charge in [-0.25, -0.2) is 4.39 Å². The molecule has 0 aromatic rings. The molecule has 1 fully saturated rings. The number of nitrogens with one attached hydrogen (secondary N) is 1. The fourth-order valence-corrected chi connectivity index (χ4v) is 3.38. The zero-order valence-corrected chi connectivity index (χ0v) is 22.9. The van der Waals surface area contributed by atoms with E-state index in [1.165, 1.54) is 23.1 Å². The normalized spacial score (nSPS) is 17.9. The van der Waals surface area contributed by atoms with Crippen molar-refractivity contribution in [3.63, 3.8) is 0 Å². The monoisotopic (exact) mass is 469 g/mol. The van der Waals surface area contributed by atoms with Gasteiger partial charge in [0.25, 0.3) is 0 Å². The lowest BCUT2D eigenvalue weighted by atomic mass is 9.88. The van der Waals surface area contributed by atoms with E-state index in [4.69, 9.17) is 5.73 Å². The van der Waals surface area contributed by atoms with Gasteiger partial charge in [0.2, 0.25) is 0 Å². The molecule has 3 nitrogen and oxygen atoms in total. The minimum atomic E-state index is -0.253. The Morgan fingerprint density at radius 2 is 1.79 bits per heavy atom. The first-order valence-electron chi connectivity index (χ1n) is 13.0. The summed E-state index contributed by atoms with van der Waals surface area (Å²) in [6.07, 6.45) is 15.3. The van der Waals surface area contributed by atoms with Gasteiger partial charge in [-0.05, 0) is 88.9 Å². The second-order valence-electron chi connectivity index (χ2n) is 9.47. The zero-order valence-electron chi connectivity index (χ0n) is 22.9. The second-order valence-corrected chi connectivity index (χ2v) is 9.47. The average Bonchev–Trinajstić information content (AvgIpc) is 2.81. The van der Waals surface area contributed by atoms with Gasteiger partial charge >= 0.3 is 0 Å². The van der Waals surface area contributed by atoms with Crippen LogP contribution in [-0.2, 0) is 0 Å². The minimum Gasteiger partial charge on any atom is -0.402 e. The Kier molecular flexibility index (Phi) is 13.5. The first-order valence-corrected chi connectivity index (χ1v) is 13.0. The summed E-state index contributed by atoms with van der Waals surface area (Å²) in [5.41, 5.74) is 14.4. The molecular weight excluding hydrogens is 421 g/mol. The molecule has 3 N–H and O–H groups in total. The van der Waals surface area contributed by atoms with E-state index in [0.717, 1.165) is 60.9 Å². The first-order chi connectivity index (χ1) is 16.2. The Hall–Kier alpha value is -2.36. The molecule has 0 aliphatic heterocycles. The molecule has 1 unspecified atom stereocenters. The van der Waals surface area contributed by atoms with Gasteiger partial charge in [-0.15, -0.1) is 0 Å². The third kappa shape index (κ3) is 9.48. The largest absolute Gasteiger partial charge is 0.402 e. The number of nitrogens with two attached hydrogens (primary N) is 1. The van der Waals surface area contributed by atoms with Gasteiger partial charge in [0.15, 0.2) is 11.7 Å². The van der Waals surface area contributed by atoms with Crippen LogP contribution in [0, 0.1) is 5.92 Å². The van der Waals surface area contributed by atoms with Gasteiger partial charge in [0, 0.05) is 18.3 Å². The molecule has 1 aliphatic rings. The first kappa shape index (κ1) is 29.7. The molecule has 190 valence electrons. The molecule has 0 amide bonds. The highest BCUT2D eigenvalue weighted by atomic mass is 19.1. The van der Waals surface area contributed by atoms with Crippen molar-refractivity contribution in [2.75, 3.05) is 6.54 Å². The van der Waals surface area contributed by atoms with Crippen molar-refractivity contribution in [1.29, 1.82) is 0 Å². The smallest absolute Gasteiger partial charge is 0.164 e. The van der Waals surface area contributed by atoms with Crippen molar-refractivity contribution < 1.29 is 4.39 Å². The van der Waals surface area contributed by atoms with E-state index in [9.17, 15) is 0 Å². The number of nitrogens with zero attached hydrogens (tertiary/aromatic N) is 1. The number of halogens is 1. The van der Waals surface area contributed by atoms with Crippen molar-refractivity contribution in [3.8, 4) is 0 Å². The lowest BCUT2D eigenvalue weighted by molar-refractivity contribution is 0.591. The van der Waals surface area contributed by atoms with Crippen LogP contribution in [0.5, 0.6) is 0 Å². The van der Waals surface area contributed by atoms with Crippen LogP contribution in [0.3, 0.4) is 0 Å². The molecule has 0 bridgehead atoms. The molecule has 1 rings (SSSR count). The fourth-order valence-electron chi connectivity index (χ4n) is 3.38. The molecule has 0 radical (unpaired) electrons. The highest BCUT2D eigenvalue weighted by molar-refractivity contribution is 5.97. The molecule has 1 saturated carbocycles. The lowest BCUT2D eigenvalue weighted by Crippen LogP contribution is -2.21. The predicted octanol–water partition coefficient (Wildman–Crippen LogP) is 8.59. The maximum Gasteiger partial charge on any atom is 0.164 e. The van der Waals surface area contributed by atoms with Crippen molar-refractivity contribution in [3.05, 3.63) is 69.4 Å². The number of rotatable bonds is 12. The van der Waals surface area contributed by atoms with Crippen LogP contribution in [0.4, 0.5) is 4.39 Å². The van der Waals surface area contributed by atoms with Gasteiger partial charge in [-0.3, -0.25) is 4.99 Å². The van der Waals surface area contributed by atoms with E-state index >= 15 is 4.39 Å². The van der Waals surface area contributed by atoms with Gasteiger partial charge in [0.1, 0.15) is 0 Å². The average molecular weight is 470 g/mol. The van der Waals surface area contributed by atoms with E-state index in [2.05, 4.69) is 50.2 Å². The predicted molar refractivity (Wildman–Crippen MR) is 148 cm³/mol. The van der Waals surface area contributed by atoms with E-state index in [1.54, 1.807) is 0 Å². The van der Waals surface area contributed by atoms with E-state index in [-0.39, 0.29) is 11.7 Å². The molecule has 0 aromatic carbocycles. The van der Waals surface area contributed by atoms with Gasteiger partial charge in [0.05, 0.1) is 6.54 Å². The Morgan fingerprint density at radius 3 is 2.29 bits per heavy atom. The van der Waals surface area contributed by atoms with Crippen LogP contribution >= 0.6 is 0 Å².